The lowest BCUT2D eigenvalue weighted by molar-refractivity contribution is -0.147. The van der Waals surface area contributed by atoms with E-state index in [-0.39, 0.29) is 12.6 Å². The number of amides is 2. The Morgan fingerprint density at radius 3 is 2.21 bits per heavy atom. The van der Waals surface area contributed by atoms with E-state index in [1.54, 1.807) is 27.9 Å². The predicted octanol–water partition coefficient (Wildman–Crippen LogP) is 0.758. The molecule has 0 aromatic heterocycles. The lowest BCUT2D eigenvalue weighted by atomic mass is 9.88. The predicted molar refractivity (Wildman–Crippen MR) is 53.1 cm³/mol. The summed E-state index contributed by atoms with van der Waals surface area (Å²) in [6.45, 7) is 3.55. The highest BCUT2D eigenvalue weighted by molar-refractivity contribution is 5.77. The third-order valence-corrected chi connectivity index (χ3v) is 2.33. The van der Waals surface area contributed by atoms with Crippen molar-refractivity contribution in [3.05, 3.63) is 0 Å². The molecule has 0 aliphatic carbocycles. The number of carbonyl (C=O) groups excluding carboxylic acids is 1. The second-order valence-corrected chi connectivity index (χ2v) is 3.77. The van der Waals surface area contributed by atoms with Crippen molar-refractivity contribution < 1.29 is 14.7 Å². The van der Waals surface area contributed by atoms with Gasteiger partial charge in [0.25, 0.3) is 0 Å². The monoisotopic (exact) mass is 202 g/mol. The largest absolute Gasteiger partial charge is 0.481 e. The summed E-state index contributed by atoms with van der Waals surface area (Å²) in [7, 11) is 3.22. The summed E-state index contributed by atoms with van der Waals surface area (Å²) in [6, 6.07) is -0.272. The Balaban J connectivity index is 4.22. The minimum absolute atomic E-state index is 0.149. The van der Waals surface area contributed by atoms with Crippen LogP contribution in [-0.4, -0.2) is 42.6 Å². The molecular formula is C9H18N2O3. The molecule has 0 aliphatic heterocycles. The summed E-state index contributed by atoms with van der Waals surface area (Å²) in [5.41, 5.74) is -0.883. The van der Waals surface area contributed by atoms with Crippen molar-refractivity contribution >= 4 is 12.0 Å². The molecule has 82 valence electrons. The highest BCUT2D eigenvalue weighted by Crippen LogP contribution is 2.19. The fraction of sp³-hybridized carbons (Fsp3) is 0.778. The van der Waals surface area contributed by atoms with Gasteiger partial charge in [-0.05, 0) is 13.3 Å². The molecule has 0 bridgehead atoms. The Kier molecular flexibility index (Phi) is 4.40. The number of carboxylic acid groups (broad SMARTS) is 1. The minimum Gasteiger partial charge on any atom is -0.481 e. The molecule has 1 unspecified atom stereocenters. The van der Waals surface area contributed by atoms with Gasteiger partial charge in [-0.1, -0.05) is 6.92 Å². The summed E-state index contributed by atoms with van der Waals surface area (Å²) < 4.78 is 0. The number of urea groups is 1. The highest BCUT2D eigenvalue weighted by atomic mass is 16.4. The Morgan fingerprint density at radius 1 is 1.43 bits per heavy atom. The summed E-state index contributed by atoms with van der Waals surface area (Å²) in [4.78, 5) is 23.4. The molecule has 0 aliphatic rings. The maximum Gasteiger partial charge on any atom is 0.316 e. The molecule has 2 N–H and O–H groups in total. The van der Waals surface area contributed by atoms with Gasteiger partial charge in [0, 0.05) is 20.6 Å². The van der Waals surface area contributed by atoms with Gasteiger partial charge in [-0.15, -0.1) is 0 Å². The van der Waals surface area contributed by atoms with Crippen molar-refractivity contribution in [2.45, 2.75) is 20.3 Å². The van der Waals surface area contributed by atoms with Gasteiger partial charge in [0.1, 0.15) is 0 Å². The zero-order valence-electron chi connectivity index (χ0n) is 9.13. The lowest BCUT2D eigenvalue weighted by Gasteiger charge is -2.24. The molecule has 0 heterocycles. The van der Waals surface area contributed by atoms with Gasteiger partial charge >= 0.3 is 12.0 Å². The summed E-state index contributed by atoms with van der Waals surface area (Å²) in [5.74, 6) is -0.890. The van der Waals surface area contributed by atoms with Crippen LogP contribution in [0.5, 0.6) is 0 Å². The first-order valence-corrected chi connectivity index (χ1v) is 4.52. The number of hydrogen-bond donors (Lipinski definition) is 2. The Morgan fingerprint density at radius 2 is 1.93 bits per heavy atom. The van der Waals surface area contributed by atoms with Crippen LogP contribution in [0.15, 0.2) is 0 Å². The van der Waals surface area contributed by atoms with Gasteiger partial charge in [-0.3, -0.25) is 4.79 Å². The molecule has 0 aromatic rings. The number of nitrogens with one attached hydrogen (secondary N) is 1. The summed E-state index contributed by atoms with van der Waals surface area (Å²) >= 11 is 0. The van der Waals surface area contributed by atoms with Crippen LogP contribution in [-0.2, 0) is 4.79 Å². The van der Waals surface area contributed by atoms with E-state index in [1.807, 2.05) is 0 Å². The van der Waals surface area contributed by atoms with Crippen molar-refractivity contribution in [3.63, 3.8) is 0 Å². The SMILES string of the molecule is CCC(C)(CNC(=O)N(C)C)C(=O)O. The van der Waals surface area contributed by atoms with E-state index >= 15 is 0 Å². The van der Waals surface area contributed by atoms with E-state index in [9.17, 15) is 9.59 Å². The van der Waals surface area contributed by atoms with Crippen LogP contribution in [0.2, 0.25) is 0 Å². The lowest BCUT2D eigenvalue weighted by Crippen LogP contribution is -2.44. The number of hydrogen-bond acceptors (Lipinski definition) is 2. The number of carboxylic acids is 1. The van der Waals surface area contributed by atoms with Gasteiger partial charge < -0.3 is 15.3 Å². The van der Waals surface area contributed by atoms with Crippen LogP contribution < -0.4 is 5.32 Å². The minimum atomic E-state index is -0.890. The Hall–Kier alpha value is -1.26. The molecule has 2 amide bonds. The topological polar surface area (TPSA) is 69.6 Å². The van der Waals surface area contributed by atoms with Crippen LogP contribution in [0.4, 0.5) is 4.79 Å². The van der Waals surface area contributed by atoms with Crippen molar-refractivity contribution in [1.29, 1.82) is 0 Å². The van der Waals surface area contributed by atoms with E-state index in [0.717, 1.165) is 0 Å². The molecule has 0 spiro atoms. The highest BCUT2D eigenvalue weighted by Gasteiger charge is 2.31. The molecule has 0 rings (SSSR count). The van der Waals surface area contributed by atoms with Crippen molar-refractivity contribution in [2.75, 3.05) is 20.6 Å². The first-order valence-electron chi connectivity index (χ1n) is 4.52. The second kappa shape index (κ2) is 4.83. The fourth-order valence-electron chi connectivity index (χ4n) is 0.781. The van der Waals surface area contributed by atoms with E-state index in [1.165, 1.54) is 4.90 Å². The molecule has 1 atom stereocenters. The van der Waals surface area contributed by atoms with Gasteiger partial charge in [0.05, 0.1) is 5.41 Å². The van der Waals surface area contributed by atoms with Crippen LogP contribution in [0.3, 0.4) is 0 Å². The van der Waals surface area contributed by atoms with Crippen LogP contribution in [0.1, 0.15) is 20.3 Å². The smallest absolute Gasteiger partial charge is 0.316 e. The molecule has 0 fully saturated rings. The molecular weight excluding hydrogens is 184 g/mol. The fourth-order valence-corrected chi connectivity index (χ4v) is 0.781. The summed E-state index contributed by atoms with van der Waals surface area (Å²) in [5, 5.41) is 11.5. The average molecular weight is 202 g/mol. The maximum atomic E-state index is 11.1. The van der Waals surface area contributed by atoms with Gasteiger partial charge in [-0.2, -0.15) is 0 Å². The van der Waals surface area contributed by atoms with Crippen LogP contribution in [0.25, 0.3) is 0 Å². The maximum absolute atomic E-state index is 11.1. The molecule has 5 heteroatoms. The van der Waals surface area contributed by atoms with Crippen molar-refractivity contribution in [3.8, 4) is 0 Å². The number of carbonyl (C=O) groups is 2. The average Bonchev–Trinajstić information content (AvgIpc) is 2.12. The third kappa shape index (κ3) is 3.24. The zero-order valence-corrected chi connectivity index (χ0v) is 9.13. The molecule has 0 saturated heterocycles. The molecule has 14 heavy (non-hydrogen) atoms. The Labute approximate surface area is 84.1 Å². The number of nitrogens with zero attached hydrogens (tertiary/aromatic N) is 1. The summed E-state index contributed by atoms with van der Waals surface area (Å²) in [6.07, 6.45) is 0.482. The molecule has 0 aromatic carbocycles. The van der Waals surface area contributed by atoms with Gasteiger partial charge in [-0.25, -0.2) is 4.79 Å². The Bertz CT molecular complexity index is 228. The van der Waals surface area contributed by atoms with Crippen molar-refractivity contribution in [1.82, 2.24) is 10.2 Å². The van der Waals surface area contributed by atoms with Crippen LogP contribution in [0, 0.1) is 5.41 Å². The van der Waals surface area contributed by atoms with E-state index in [4.69, 9.17) is 5.11 Å². The van der Waals surface area contributed by atoms with E-state index in [0.29, 0.717) is 6.42 Å². The third-order valence-electron chi connectivity index (χ3n) is 2.33. The molecule has 5 nitrogen and oxygen atoms in total. The quantitative estimate of drug-likeness (QED) is 0.707. The van der Waals surface area contributed by atoms with Gasteiger partial charge in [0.15, 0.2) is 0 Å². The second-order valence-electron chi connectivity index (χ2n) is 3.77. The van der Waals surface area contributed by atoms with Crippen LogP contribution >= 0.6 is 0 Å². The number of aliphatic carboxylic acids is 1. The van der Waals surface area contributed by atoms with E-state index < -0.39 is 11.4 Å². The van der Waals surface area contributed by atoms with E-state index in [2.05, 4.69) is 5.32 Å². The standard InChI is InChI=1S/C9H18N2O3/c1-5-9(2,7(12)13)6-10-8(14)11(3)4/h5-6H2,1-4H3,(H,10,14)(H,12,13). The first-order chi connectivity index (χ1) is 6.33. The normalized spacial score (nSPS) is 14.3. The van der Waals surface area contributed by atoms with Gasteiger partial charge in [0.2, 0.25) is 0 Å². The number of rotatable bonds is 4. The molecule has 0 saturated carbocycles. The zero-order chi connectivity index (χ0) is 11.4. The first kappa shape index (κ1) is 12.7. The van der Waals surface area contributed by atoms with Crippen molar-refractivity contribution in [2.24, 2.45) is 5.41 Å². The molecule has 0 radical (unpaired) electrons.